The molecule has 2 aromatic carbocycles. The summed E-state index contributed by atoms with van der Waals surface area (Å²) < 4.78 is 6.99. The van der Waals surface area contributed by atoms with Crippen molar-refractivity contribution in [2.45, 2.75) is 19.9 Å². The highest BCUT2D eigenvalue weighted by atomic mass is 79.9. The Hall–Kier alpha value is -3.23. The number of Topliss-reactive ketones (excluding diaryl/α,β-unsaturated/α-hetero) is 1. The zero-order valence-electron chi connectivity index (χ0n) is 17.1. The highest BCUT2D eigenvalue weighted by Gasteiger charge is 2.46. The van der Waals surface area contributed by atoms with Crippen LogP contribution in [0, 0.1) is 13.8 Å². The molecule has 1 aliphatic rings. The van der Waals surface area contributed by atoms with E-state index in [1.807, 2.05) is 50.2 Å². The van der Waals surface area contributed by atoms with E-state index in [1.165, 1.54) is 28.6 Å². The van der Waals surface area contributed by atoms with Crippen LogP contribution in [0.2, 0.25) is 0 Å². The molecule has 1 unspecified atom stereocenters. The van der Waals surface area contributed by atoms with Crippen LogP contribution in [0.4, 0.5) is 5.13 Å². The second-order valence-electron chi connectivity index (χ2n) is 7.63. The van der Waals surface area contributed by atoms with Crippen molar-refractivity contribution in [2.24, 2.45) is 0 Å². The standard InChI is InChI=1S/C24H17BrN2O4S/c1-12-9-13(2)19-17(10-12)32-24(26-19)27-20(14-5-3-6-15(25)11-14)18(22(29)23(27)30)21(28)16-7-4-8-31-16/h3-11,20,29H,1-2H3. The summed E-state index contributed by atoms with van der Waals surface area (Å²) in [5.74, 6) is -1.75. The van der Waals surface area contributed by atoms with E-state index in [4.69, 9.17) is 9.40 Å². The van der Waals surface area contributed by atoms with E-state index in [2.05, 4.69) is 15.9 Å². The predicted molar refractivity (Wildman–Crippen MR) is 126 cm³/mol. The third-order valence-electron chi connectivity index (χ3n) is 5.39. The number of fused-ring (bicyclic) bond motifs is 1. The van der Waals surface area contributed by atoms with Crippen molar-refractivity contribution in [2.75, 3.05) is 4.90 Å². The molecule has 0 saturated heterocycles. The number of halogens is 1. The van der Waals surface area contributed by atoms with Gasteiger partial charge >= 0.3 is 0 Å². The molecule has 32 heavy (non-hydrogen) atoms. The van der Waals surface area contributed by atoms with Gasteiger partial charge in [0.2, 0.25) is 5.78 Å². The summed E-state index contributed by atoms with van der Waals surface area (Å²) in [5.41, 5.74) is 3.52. The van der Waals surface area contributed by atoms with E-state index in [-0.39, 0.29) is 11.3 Å². The molecular formula is C24H17BrN2O4S. The highest BCUT2D eigenvalue weighted by molar-refractivity contribution is 9.10. The van der Waals surface area contributed by atoms with E-state index < -0.39 is 23.5 Å². The first-order chi connectivity index (χ1) is 15.3. The number of carbonyl (C=O) groups is 2. The monoisotopic (exact) mass is 508 g/mol. The molecular weight excluding hydrogens is 492 g/mol. The molecule has 0 spiro atoms. The molecule has 0 saturated carbocycles. The number of amides is 1. The van der Waals surface area contributed by atoms with Gasteiger partial charge in [-0.1, -0.05) is 45.5 Å². The Morgan fingerprint density at radius 2 is 2.00 bits per heavy atom. The van der Waals surface area contributed by atoms with Crippen LogP contribution < -0.4 is 4.90 Å². The molecule has 0 aliphatic carbocycles. The summed E-state index contributed by atoms with van der Waals surface area (Å²) in [6.07, 6.45) is 1.38. The molecule has 160 valence electrons. The third kappa shape index (κ3) is 3.27. The van der Waals surface area contributed by atoms with Gasteiger partial charge in [0.1, 0.15) is 0 Å². The summed E-state index contributed by atoms with van der Waals surface area (Å²) in [6.45, 7) is 3.97. The number of thiazole rings is 1. The predicted octanol–water partition coefficient (Wildman–Crippen LogP) is 6.05. The van der Waals surface area contributed by atoms with Crippen LogP contribution in [-0.4, -0.2) is 21.8 Å². The maximum Gasteiger partial charge on any atom is 0.296 e. The molecule has 8 heteroatoms. The Morgan fingerprint density at radius 1 is 1.19 bits per heavy atom. The number of aromatic nitrogens is 1. The van der Waals surface area contributed by atoms with Gasteiger partial charge in [0.15, 0.2) is 16.7 Å². The molecule has 1 atom stereocenters. The minimum atomic E-state index is -0.848. The summed E-state index contributed by atoms with van der Waals surface area (Å²) in [6, 6.07) is 13.6. The number of nitrogens with zero attached hydrogens (tertiary/aromatic N) is 2. The number of carbonyl (C=O) groups excluding carboxylic acids is 2. The molecule has 0 bridgehead atoms. The Kier molecular flexibility index (Phi) is 4.98. The number of furan rings is 1. The Bertz CT molecular complexity index is 1420. The van der Waals surface area contributed by atoms with Crippen LogP contribution in [0.3, 0.4) is 0 Å². The first kappa shape index (κ1) is 20.7. The van der Waals surface area contributed by atoms with Gasteiger partial charge in [-0.3, -0.25) is 14.5 Å². The van der Waals surface area contributed by atoms with Gasteiger partial charge in [-0.15, -0.1) is 0 Å². The van der Waals surface area contributed by atoms with Crippen molar-refractivity contribution >= 4 is 54.3 Å². The van der Waals surface area contributed by atoms with Crippen LogP contribution in [0.1, 0.15) is 33.3 Å². The van der Waals surface area contributed by atoms with Crippen molar-refractivity contribution in [3.05, 3.63) is 93.0 Å². The molecule has 1 aliphatic heterocycles. The molecule has 0 fully saturated rings. The van der Waals surface area contributed by atoms with Crippen LogP contribution in [0.5, 0.6) is 0 Å². The second kappa shape index (κ2) is 7.72. The summed E-state index contributed by atoms with van der Waals surface area (Å²) in [4.78, 5) is 32.6. The Balaban J connectivity index is 1.71. The Morgan fingerprint density at radius 3 is 2.72 bits per heavy atom. The molecule has 1 amide bonds. The van der Waals surface area contributed by atoms with E-state index in [0.717, 1.165) is 25.8 Å². The normalized spacial score (nSPS) is 16.4. The van der Waals surface area contributed by atoms with Crippen molar-refractivity contribution in [1.82, 2.24) is 4.98 Å². The van der Waals surface area contributed by atoms with E-state index in [0.29, 0.717) is 10.7 Å². The zero-order chi connectivity index (χ0) is 22.6. The quantitative estimate of drug-likeness (QED) is 0.339. The van der Waals surface area contributed by atoms with Gasteiger partial charge in [-0.05, 0) is 60.9 Å². The van der Waals surface area contributed by atoms with Crippen molar-refractivity contribution < 1.29 is 19.1 Å². The van der Waals surface area contributed by atoms with Gasteiger partial charge in [0, 0.05) is 4.47 Å². The smallest absolute Gasteiger partial charge is 0.296 e. The van der Waals surface area contributed by atoms with Gasteiger partial charge in [-0.2, -0.15) is 0 Å². The number of aliphatic hydroxyl groups is 1. The zero-order valence-corrected chi connectivity index (χ0v) is 19.5. The summed E-state index contributed by atoms with van der Waals surface area (Å²) in [5, 5.41) is 11.2. The average Bonchev–Trinajstić information content (AvgIpc) is 3.47. The van der Waals surface area contributed by atoms with Gasteiger partial charge in [0.25, 0.3) is 5.91 Å². The SMILES string of the molecule is Cc1cc(C)c2nc(N3C(=O)C(O)=C(C(=O)c4ccco4)C3c3cccc(Br)c3)sc2c1. The van der Waals surface area contributed by atoms with Crippen molar-refractivity contribution in [3.63, 3.8) is 0 Å². The highest BCUT2D eigenvalue weighted by Crippen LogP contribution is 2.45. The maximum atomic E-state index is 13.3. The molecule has 4 aromatic rings. The lowest BCUT2D eigenvalue weighted by Gasteiger charge is -2.24. The van der Waals surface area contributed by atoms with Gasteiger partial charge in [-0.25, -0.2) is 4.98 Å². The Labute approximate surface area is 195 Å². The number of aliphatic hydroxyl groups excluding tert-OH is 1. The number of aryl methyl sites for hydroxylation is 2. The van der Waals surface area contributed by atoms with Gasteiger partial charge < -0.3 is 9.52 Å². The van der Waals surface area contributed by atoms with Crippen molar-refractivity contribution in [1.29, 1.82) is 0 Å². The fourth-order valence-corrected chi connectivity index (χ4v) is 5.61. The lowest BCUT2D eigenvalue weighted by Crippen LogP contribution is -2.31. The van der Waals surface area contributed by atoms with E-state index in [9.17, 15) is 14.7 Å². The number of hydrogen-bond donors (Lipinski definition) is 1. The molecule has 2 aromatic heterocycles. The number of hydrogen-bond acceptors (Lipinski definition) is 6. The van der Waals surface area contributed by atoms with Crippen LogP contribution in [0.15, 0.2) is 75.0 Å². The number of benzene rings is 2. The maximum absolute atomic E-state index is 13.3. The lowest BCUT2D eigenvalue weighted by atomic mass is 9.95. The van der Waals surface area contributed by atoms with Crippen LogP contribution >= 0.6 is 27.3 Å². The molecule has 6 nitrogen and oxygen atoms in total. The van der Waals surface area contributed by atoms with Crippen LogP contribution in [0.25, 0.3) is 10.2 Å². The third-order valence-corrected chi connectivity index (χ3v) is 6.88. The first-order valence-electron chi connectivity index (χ1n) is 9.83. The number of ketones is 1. The molecule has 1 N–H and O–H groups in total. The summed E-state index contributed by atoms with van der Waals surface area (Å²) >= 11 is 4.81. The number of rotatable bonds is 4. The fraction of sp³-hybridized carbons (Fsp3) is 0.125. The molecule has 5 rings (SSSR count). The van der Waals surface area contributed by atoms with E-state index in [1.54, 1.807) is 6.07 Å². The summed E-state index contributed by atoms with van der Waals surface area (Å²) in [7, 11) is 0. The topological polar surface area (TPSA) is 83.6 Å². The lowest BCUT2D eigenvalue weighted by molar-refractivity contribution is -0.117. The van der Waals surface area contributed by atoms with E-state index >= 15 is 0 Å². The average molecular weight is 509 g/mol. The van der Waals surface area contributed by atoms with Crippen LogP contribution in [-0.2, 0) is 4.79 Å². The largest absolute Gasteiger partial charge is 0.503 e. The van der Waals surface area contributed by atoms with Crippen molar-refractivity contribution in [3.8, 4) is 0 Å². The minimum Gasteiger partial charge on any atom is -0.503 e. The minimum absolute atomic E-state index is 0.0322. The number of anilines is 1. The molecule has 3 heterocycles. The molecule has 0 radical (unpaired) electrons. The van der Waals surface area contributed by atoms with Gasteiger partial charge in [0.05, 0.1) is 28.1 Å². The fourth-order valence-electron chi connectivity index (χ4n) is 4.03. The second-order valence-corrected chi connectivity index (χ2v) is 9.55. The first-order valence-corrected chi connectivity index (χ1v) is 11.4.